The molecule has 3 aromatic rings. The van der Waals surface area contributed by atoms with Crippen molar-refractivity contribution in [2.75, 3.05) is 6.54 Å². The monoisotopic (exact) mass is 342 g/mol. The molecule has 4 rings (SSSR count). The van der Waals surface area contributed by atoms with Gasteiger partial charge in [0.2, 0.25) is 0 Å². The van der Waals surface area contributed by atoms with Gasteiger partial charge in [-0.3, -0.25) is 9.78 Å². The molecule has 0 spiro atoms. The molecule has 1 amide bonds. The number of benzene rings is 1. The maximum atomic E-state index is 12.4. The molecular formula is C17H15ClN4O2. The number of aromatic nitrogens is 3. The van der Waals surface area contributed by atoms with Gasteiger partial charge in [0.25, 0.3) is 5.91 Å². The number of rotatable bonds is 4. The first-order valence-corrected chi connectivity index (χ1v) is 8.07. The van der Waals surface area contributed by atoms with Crippen LogP contribution in [0.25, 0.3) is 11.2 Å². The molecule has 0 aliphatic heterocycles. The lowest BCUT2D eigenvalue weighted by Gasteiger charge is -2.16. The predicted octanol–water partition coefficient (Wildman–Crippen LogP) is 2.37. The highest BCUT2D eigenvalue weighted by Gasteiger charge is 2.44. The van der Waals surface area contributed by atoms with Crippen LogP contribution in [0.3, 0.4) is 0 Å². The van der Waals surface area contributed by atoms with Crippen molar-refractivity contribution in [1.29, 1.82) is 0 Å². The number of hydrogen-bond acceptors (Lipinski definition) is 3. The molecular weight excluding hydrogens is 328 g/mol. The predicted molar refractivity (Wildman–Crippen MR) is 91.4 cm³/mol. The molecule has 6 nitrogen and oxygen atoms in total. The topological polar surface area (TPSA) is 90.6 Å². The van der Waals surface area contributed by atoms with E-state index in [1.807, 2.05) is 24.3 Å². The Hall–Kier alpha value is -2.60. The number of amides is 1. The van der Waals surface area contributed by atoms with E-state index < -0.39 is 0 Å². The molecule has 2 heterocycles. The van der Waals surface area contributed by atoms with Crippen molar-refractivity contribution in [3.05, 3.63) is 63.2 Å². The molecule has 1 saturated carbocycles. The van der Waals surface area contributed by atoms with Crippen LogP contribution in [0, 0.1) is 0 Å². The number of carbonyl (C=O) groups is 1. The Morgan fingerprint density at radius 2 is 2.08 bits per heavy atom. The summed E-state index contributed by atoms with van der Waals surface area (Å²) in [5.41, 5.74) is 2.01. The lowest BCUT2D eigenvalue weighted by molar-refractivity contribution is 0.0945. The minimum atomic E-state index is -0.340. The normalized spacial score (nSPS) is 15.4. The molecule has 0 atom stereocenters. The van der Waals surface area contributed by atoms with Crippen molar-refractivity contribution in [2.24, 2.45) is 0 Å². The smallest absolute Gasteiger partial charge is 0.325 e. The summed E-state index contributed by atoms with van der Waals surface area (Å²) in [6.07, 6.45) is 2.04. The zero-order chi connectivity index (χ0) is 16.7. The third-order valence-electron chi connectivity index (χ3n) is 4.49. The van der Waals surface area contributed by atoms with Gasteiger partial charge >= 0.3 is 5.69 Å². The van der Waals surface area contributed by atoms with E-state index in [0.29, 0.717) is 22.7 Å². The Morgan fingerprint density at radius 1 is 1.25 bits per heavy atom. The number of imidazole rings is 1. The highest BCUT2D eigenvalue weighted by atomic mass is 35.5. The Bertz CT molecular complexity index is 987. The van der Waals surface area contributed by atoms with Crippen LogP contribution in [0.5, 0.6) is 0 Å². The summed E-state index contributed by atoms with van der Waals surface area (Å²) in [5.74, 6) is -0.257. The largest absolute Gasteiger partial charge is 0.350 e. The minimum Gasteiger partial charge on any atom is -0.350 e. The first kappa shape index (κ1) is 15.0. The van der Waals surface area contributed by atoms with Gasteiger partial charge in [0.15, 0.2) is 5.65 Å². The van der Waals surface area contributed by atoms with Crippen LogP contribution in [-0.2, 0) is 5.41 Å². The van der Waals surface area contributed by atoms with Gasteiger partial charge in [-0.15, -0.1) is 0 Å². The molecule has 0 unspecified atom stereocenters. The summed E-state index contributed by atoms with van der Waals surface area (Å²) in [4.78, 5) is 33.0. The van der Waals surface area contributed by atoms with E-state index in [9.17, 15) is 9.59 Å². The molecule has 1 fully saturated rings. The zero-order valence-electron chi connectivity index (χ0n) is 12.7. The van der Waals surface area contributed by atoms with Gasteiger partial charge in [-0.05, 0) is 42.7 Å². The van der Waals surface area contributed by atoms with Crippen LogP contribution in [0.2, 0.25) is 5.02 Å². The maximum Gasteiger partial charge on any atom is 0.325 e. The summed E-state index contributed by atoms with van der Waals surface area (Å²) in [7, 11) is 0. The summed E-state index contributed by atoms with van der Waals surface area (Å²) in [6, 6.07) is 11.0. The van der Waals surface area contributed by atoms with Gasteiger partial charge in [-0.1, -0.05) is 23.7 Å². The SMILES string of the molecule is O=C(NCC1(c2cccc(Cl)c2)CC1)c1ccc2[nH]c(=O)[nH]c2n1. The number of fused-ring (bicyclic) bond motifs is 1. The van der Waals surface area contributed by atoms with Crippen molar-refractivity contribution in [3.63, 3.8) is 0 Å². The fourth-order valence-corrected chi connectivity index (χ4v) is 3.11. The van der Waals surface area contributed by atoms with E-state index in [1.165, 1.54) is 0 Å². The number of halogens is 1. The second-order valence-electron chi connectivity index (χ2n) is 6.15. The minimum absolute atomic E-state index is 0.0347. The lowest BCUT2D eigenvalue weighted by Crippen LogP contribution is -2.32. The fourth-order valence-electron chi connectivity index (χ4n) is 2.92. The van der Waals surface area contributed by atoms with Crippen molar-refractivity contribution < 1.29 is 4.79 Å². The van der Waals surface area contributed by atoms with Gasteiger partial charge in [0.1, 0.15) is 5.69 Å². The van der Waals surface area contributed by atoms with Crippen LogP contribution in [-0.4, -0.2) is 27.4 Å². The summed E-state index contributed by atoms with van der Waals surface area (Å²) in [5, 5.41) is 3.65. The van der Waals surface area contributed by atoms with Gasteiger partial charge in [-0.2, -0.15) is 0 Å². The molecule has 1 aromatic carbocycles. The molecule has 3 N–H and O–H groups in total. The number of nitrogens with one attached hydrogen (secondary N) is 3. The molecule has 122 valence electrons. The molecule has 0 radical (unpaired) electrons. The van der Waals surface area contributed by atoms with Crippen LogP contribution in [0.4, 0.5) is 0 Å². The number of carbonyl (C=O) groups excluding carboxylic acids is 1. The van der Waals surface area contributed by atoms with Crippen LogP contribution < -0.4 is 11.0 Å². The van der Waals surface area contributed by atoms with Gasteiger partial charge < -0.3 is 10.3 Å². The Balaban J connectivity index is 1.50. The highest BCUT2D eigenvalue weighted by Crippen LogP contribution is 2.48. The van der Waals surface area contributed by atoms with Gasteiger partial charge in [0, 0.05) is 17.0 Å². The molecule has 0 bridgehead atoms. The second kappa shape index (κ2) is 5.49. The van der Waals surface area contributed by atoms with Crippen molar-refractivity contribution in [2.45, 2.75) is 18.3 Å². The maximum absolute atomic E-state index is 12.4. The fraction of sp³-hybridized carbons (Fsp3) is 0.235. The third kappa shape index (κ3) is 2.69. The average Bonchev–Trinajstić information content (AvgIpc) is 3.27. The Labute approximate surface area is 142 Å². The van der Waals surface area contributed by atoms with Crippen LogP contribution >= 0.6 is 11.6 Å². The number of pyridine rings is 1. The molecule has 24 heavy (non-hydrogen) atoms. The summed E-state index contributed by atoms with van der Waals surface area (Å²) in [6.45, 7) is 0.537. The number of hydrogen-bond donors (Lipinski definition) is 3. The molecule has 1 aliphatic rings. The molecule has 0 saturated heterocycles. The summed E-state index contributed by atoms with van der Waals surface area (Å²) < 4.78 is 0. The van der Waals surface area contributed by atoms with Crippen LogP contribution in [0.15, 0.2) is 41.2 Å². The third-order valence-corrected chi connectivity index (χ3v) is 4.72. The van der Waals surface area contributed by atoms with E-state index in [-0.39, 0.29) is 22.7 Å². The van der Waals surface area contributed by atoms with Crippen molar-refractivity contribution in [3.8, 4) is 0 Å². The van der Waals surface area contributed by atoms with E-state index in [2.05, 4.69) is 20.3 Å². The van der Waals surface area contributed by atoms with Crippen LogP contribution in [0.1, 0.15) is 28.9 Å². The van der Waals surface area contributed by atoms with Crippen molar-refractivity contribution >= 4 is 28.7 Å². The molecule has 7 heteroatoms. The van der Waals surface area contributed by atoms with E-state index >= 15 is 0 Å². The Morgan fingerprint density at radius 3 is 2.83 bits per heavy atom. The first-order valence-electron chi connectivity index (χ1n) is 7.69. The standard InChI is InChI=1S/C17H15ClN4O2/c18-11-3-1-2-10(8-11)17(6-7-17)9-19-15(23)13-5-4-12-14(20-13)22-16(24)21-12/h1-5,8H,6-7,9H2,(H,19,23)(H2,20,21,22,24). The quantitative estimate of drug-likeness (QED) is 0.679. The number of nitrogens with zero attached hydrogens (tertiary/aromatic N) is 1. The van der Waals surface area contributed by atoms with E-state index in [0.717, 1.165) is 18.4 Å². The number of H-pyrrole nitrogens is 2. The number of aromatic amines is 2. The van der Waals surface area contributed by atoms with Crippen molar-refractivity contribution in [1.82, 2.24) is 20.3 Å². The van der Waals surface area contributed by atoms with Gasteiger partial charge in [0.05, 0.1) is 5.52 Å². The zero-order valence-corrected chi connectivity index (χ0v) is 13.5. The average molecular weight is 343 g/mol. The molecule has 1 aliphatic carbocycles. The van der Waals surface area contributed by atoms with Gasteiger partial charge in [-0.25, -0.2) is 9.78 Å². The van der Waals surface area contributed by atoms with E-state index in [4.69, 9.17) is 11.6 Å². The first-order chi connectivity index (χ1) is 11.6. The Kier molecular flexibility index (Phi) is 3.42. The summed E-state index contributed by atoms with van der Waals surface area (Å²) >= 11 is 6.07. The van der Waals surface area contributed by atoms with E-state index in [1.54, 1.807) is 12.1 Å². The second-order valence-corrected chi connectivity index (χ2v) is 6.58. The highest BCUT2D eigenvalue weighted by molar-refractivity contribution is 6.30. The molecule has 2 aromatic heterocycles. The lowest BCUT2D eigenvalue weighted by atomic mass is 9.96.